The maximum atomic E-state index is 13.4. The number of hydrogen-bond acceptors (Lipinski definition) is 6. The number of anilines is 2. The van der Waals surface area contributed by atoms with Crippen LogP contribution in [0.3, 0.4) is 0 Å². The number of carbonyl (C=O) groups is 3. The molecule has 9 nitrogen and oxygen atoms in total. The molecule has 1 aromatic carbocycles. The molecule has 4 rings (SSSR count). The lowest BCUT2D eigenvalue weighted by Crippen LogP contribution is -2.57. The fourth-order valence-corrected chi connectivity index (χ4v) is 4.87. The molecule has 180 valence electrons. The third-order valence-electron chi connectivity index (χ3n) is 6.66. The minimum atomic E-state index is -0.240. The van der Waals surface area contributed by atoms with E-state index in [-0.39, 0.29) is 30.3 Å². The summed E-state index contributed by atoms with van der Waals surface area (Å²) in [5.41, 5.74) is 2.09. The van der Waals surface area contributed by atoms with Gasteiger partial charge in [-0.25, -0.2) is 0 Å². The van der Waals surface area contributed by atoms with Crippen molar-refractivity contribution in [2.75, 3.05) is 76.4 Å². The molecule has 0 spiro atoms. The van der Waals surface area contributed by atoms with Crippen LogP contribution in [-0.4, -0.2) is 100 Å². The summed E-state index contributed by atoms with van der Waals surface area (Å²) in [6.07, 6.45) is 3.68. The fraction of sp³-hybridized carbons (Fsp3) is 0.625. The van der Waals surface area contributed by atoms with E-state index in [9.17, 15) is 14.4 Å². The van der Waals surface area contributed by atoms with Crippen LogP contribution in [0.1, 0.15) is 36.0 Å². The number of rotatable bonds is 7. The van der Waals surface area contributed by atoms with Gasteiger partial charge in [0.1, 0.15) is 12.6 Å². The zero-order chi connectivity index (χ0) is 23.4. The van der Waals surface area contributed by atoms with Gasteiger partial charge in [-0.1, -0.05) is 0 Å². The van der Waals surface area contributed by atoms with Crippen molar-refractivity contribution in [2.24, 2.45) is 0 Å². The Morgan fingerprint density at radius 1 is 1.12 bits per heavy atom. The van der Waals surface area contributed by atoms with E-state index in [1.165, 1.54) is 4.90 Å². The van der Waals surface area contributed by atoms with Crippen LogP contribution < -0.4 is 15.1 Å². The first-order chi connectivity index (χ1) is 16.0. The molecule has 0 aromatic heterocycles. The summed E-state index contributed by atoms with van der Waals surface area (Å²) in [5.74, 6) is -0.358. The van der Waals surface area contributed by atoms with Gasteiger partial charge in [0.05, 0.1) is 24.6 Å². The van der Waals surface area contributed by atoms with Crippen LogP contribution in [0.25, 0.3) is 0 Å². The third kappa shape index (κ3) is 5.30. The summed E-state index contributed by atoms with van der Waals surface area (Å²) in [6, 6.07) is 5.25. The summed E-state index contributed by atoms with van der Waals surface area (Å²) in [6.45, 7) is 5.65. The highest BCUT2D eigenvalue weighted by Crippen LogP contribution is 2.40. The molecular formula is C24H35N5O4. The number of nitrogens with one attached hydrogen (secondary N) is 1. The van der Waals surface area contributed by atoms with Crippen molar-refractivity contribution in [3.63, 3.8) is 0 Å². The van der Waals surface area contributed by atoms with Crippen LogP contribution >= 0.6 is 0 Å². The Labute approximate surface area is 195 Å². The van der Waals surface area contributed by atoms with E-state index in [1.807, 2.05) is 12.1 Å². The molecule has 0 radical (unpaired) electrons. The number of piperidine rings is 1. The number of benzene rings is 1. The van der Waals surface area contributed by atoms with Crippen molar-refractivity contribution in [1.29, 1.82) is 0 Å². The molecule has 1 atom stereocenters. The number of ether oxygens (including phenoxy) is 1. The predicted molar refractivity (Wildman–Crippen MR) is 127 cm³/mol. The summed E-state index contributed by atoms with van der Waals surface area (Å²) < 4.78 is 5.37. The lowest BCUT2D eigenvalue weighted by atomic mass is 9.95. The van der Waals surface area contributed by atoms with Gasteiger partial charge in [-0.15, -0.1) is 0 Å². The first-order valence-corrected chi connectivity index (χ1v) is 12.0. The van der Waals surface area contributed by atoms with Crippen LogP contribution in [0.2, 0.25) is 0 Å². The van der Waals surface area contributed by atoms with Crippen molar-refractivity contribution in [2.45, 2.75) is 31.7 Å². The largest absolute Gasteiger partial charge is 0.379 e. The lowest BCUT2D eigenvalue weighted by Gasteiger charge is -2.45. The zero-order valence-corrected chi connectivity index (χ0v) is 19.7. The van der Waals surface area contributed by atoms with Gasteiger partial charge in [-0.05, 0) is 50.4 Å². The van der Waals surface area contributed by atoms with Gasteiger partial charge in [0, 0.05) is 45.8 Å². The van der Waals surface area contributed by atoms with Gasteiger partial charge in [0.25, 0.3) is 5.91 Å². The van der Waals surface area contributed by atoms with Gasteiger partial charge in [-0.3, -0.25) is 24.2 Å². The van der Waals surface area contributed by atoms with Crippen LogP contribution in [-0.2, 0) is 14.3 Å². The SMILES string of the molecule is CN(C)C(=O)c1ccc2c(c1)N(CC(=O)NCCCN1CCOCC1)C(=O)[C@@H]1CCCCN21. The number of fused-ring (bicyclic) bond motifs is 3. The Hall–Kier alpha value is -2.65. The van der Waals surface area contributed by atoms with E-state index in [1.54, 1.807) is 25.1 Å². The molecule has 0 saturated carbocycles. The van der Waals surface area contributed by atoms with E-state index in [2.05, 4.69) is 15.1 Å². The standard InChI is InChI=1S/C24H35N5O4/c1-26(2)23(31)18-7-8-19-21(16-18)29(24(32)20-6-3-4-11-28(19)20)17-22(30)25-9-5-10-27-12-14-33-15-13-27/h7-8,16,20H,3-6,9-15,17H2,1-2H3,(H,25,30)/t20-/m0/s1. The first-order valence-electron chi connectivity index (χ1n) is 12.0. The molecule has 3 heterocycles. The second kappa shape index (κ2) is 10.5. The second-order valence-electron chi connectivity index (χ2n) is 9.19. The van der Waals surface area contributed by atoms with Gasteiger partial charge in [0.2, 0.25) is 11.8 Å². The van der Waals surface area contributed by atoms with Crippen LogP contribution in [0.15, 0.2) is 18.2 Å². The number of amides is 3. The minimum absolute atomic E-state index is 0.0344. The van der Waals surface area contributed by atoms with E-state index >= 15 is 0 Å². The van der Waals surface area contributed by atoms with Crippen LogP contribution in [0.4, 0.5) is 11.4 Å². The van der Waals surface area contributed by atoms with Gasteiger partial charge in [0.15, 0.2) is 0 Å². The highest BCUT2D eigenvalue weighted by atomic mass is 16.5. The number of carbonyl (C=O) groups excluding carboxylic acids is 3. The first kappa shape index (κ1) is 23.5. The smallest absolute Gasteiger partial charge is 0.253 e. The molecule has 1 N–H and O–H groups in total. The van der Waals surface area contributed by atoms with E-state index < -0.39 is 0 Å². The van der Waals surface area contributed by atoms with Crippen molar-refractivity contribution >= 4 is 29.1 Å². The summed E-state index contributed by atoms with van der Waals surface area (Å²) in [4.78, 5) is 46.3. The lowest BCUT2D eigenvalue weighted by molar-refractivity contribution is -0.125. The molecule has 2 fully saturated rings. The second-order valence-corrected chi connectivity index (χ2v) is 9.19. The maximum Gasteiger partial charge on any atom is 0.253 e. The van der Waals surface area contributed by atoms with Crippen molar-refractivity contribution in [3.8, 4) is 0 Å². The molecule has 9 heteroatoms. The average Bonchev–Trinajstić information content (AvgIpc) is 2.84. The van der Waals surface area contributed by atoms with E-state index in [4.69, 9.17) is 4.74 Å². The molecule has 0 unspecified atom stereocenters. The van der Waals surface area contributed by atoms with Crippen molar-refractivity contribution < 1.29 is 19.1 Å². The molecule has 2 saturated heterocycles. The maximum absolute atomic E-state index is 13.4. The third-order valence-corrected chi connectivity index (χ3v) is 6.66. The van der Waals surface area contributed by atoms with E-state index in [0.717, 1.165) is 70.8 Å². The minimum Gasteiger partial charge on any atom is -0.379 e. The molecule has 1 aromatic rings. The summed E-state index contributed by atoms with van der Waals surface area (Å²) in [5, 5.41) is 2.97. The predicted octanol–water partition coefficient (Wildman–Crippen LogP) is 0.932. The zero-order valence-electron chi connectivity index (χ0n) is 19.7. The number of hydrogen-bond donors (Lipinski definition) is 1. The van der Waals surface area contributed by atoms with Gasteiger partial charge >= 0.3 is 0 Å². The number of nitrogens with zero attached hydrogens (tertiary/aromatic N) is 4. The Bertz CT molecular complexity index is 884. The Morgan fingerprint density at radius 3 is 2.67 bits per heavy atom. The number of morpholine rings is 1. The summed E-state index contributed by atoms with van der Waals surface area (Å²) >= 11 is 0. The topological polar surface area (TPSA) is 85.4 Å². The Kier molecular flexibility index (Phi) is 7.49. The fourth-order valence-electron chi connectivity index (χ4n) is 4.87. The average molecular weight is 458 g/mol. The molecule has 3 aliphatic heterocycles. The highest BCUT2D eigenvalue weighted by molar-refractivity contribution is 6.09. The van der Waals surface area contributed by atoms with E-state index in [0.29, 0.717) is 17.8 Å². The Morgan fingerprint density at radius 2 is 1.91 bits per heavy atom. The van der Waals surface area contributed by atoms with Crippen molar-refractivity contribution in [1.82, 2.24) is 15.1 Å². The summed E-state index contributed by atoms with van der Waals surface area (Å²) in [7, 11) is 3.41. The molecule has 3 aliphatic rings. The highest BCUT2D eigenvalue weighted by Gasteiger charge is 2.40. The molecule has 0 bridgehead atoms. The normalized spacial score (nSPS) is 20.8. The monoisotopic (exact) mass is 457 g/mol. The molecular weight excluding hydrogens is 422 g/mol. The van der Waals surface area contributed by atoms with Crippen LogP contribution in [0, 0.1) is 0 Å². The van der Waals surface area contributed by atoms with Gasteiger partial charge in [-0.2, -0.15) is 0 Å². The van der Waals surface area contributed by atoms with Gasteiger partial charge < -0.3 is 19.9 Å². The Balaban J connectivity index is 1.45. The molecule has 0 aliphatic carbocycles. The quantitative estimate of drug-likeness (QED) is 0.614. The van der Waals surface area contributed by atoms with Crippen LogP contribution in [0.5, 0.6) is 0 Å². The van der Waals surface area contributed by atoms with Crippen molar-refractivity contribution in [3.05, 3.63) is 23.8 Å². The molecule has 33 heavy (non-hydrogen) atoms. The molecule has 3 amide bonds.